The first-order chi connectivity index (χ1) is 10.2. The van der Waals surface area contributed by atoms with E-state index in [0.29, 0.717) is 12.8 Å². The fourth-order valence-electron chi connectivity index (χ4n) is 4.03. The van der Waals surface area contributed by atoms with Crippen molar-refractivity contribution in [1.82, 2.24) is 4.98 Å². The van der Waals surface area contributed by atoms with E-state index in [4.69, 9.17) is 0 Å². The van der Waals surface area contributed by atoms with Crippen molar-refractivity contribution in [2.24, 2.45) is 0 Å². The smallest absolute Gasteiger partial charge is 0.0925 e. The van der Waals surface area contributed by atoms with Crippen LogP contribution in [0.2, 0.25) is 0 Å². The lowest BCUT2D eigenvalue weighted by atomic mass is 9.79. The molecule has 1 aromatic carbocycles. The molecular formula is C17H19NO2S. The first-order valence-electron chi connectivity index (χ1n) is 7.62. The Labute approximate surface area is 126 Å². The van der Waals surface area contributed by atoms with E-state index in [-0.39, 0.29) is 10.5 Å². The van der Waals surface area contributed by atoms with E-state index >= 15 is 0 Å². The maximum absolute atomic E-state index is 12.4. The molecule has 0 saturated carbocycles. The van der Waals surface area contributed by atoms with E-state index in [2.05, 4.69) is 4.98 Å². The first kappa shape index (κ1) is 13.4. The van der Waals surface area contributed by atoms with Gasteiger partial charge in [0.1, 0.15) is 0 Å². The van der Waals surface area contributed by atoms with Gasteiger partial charge in [-0.05, 0) is 42.7 Å². The molecular weight excluding hydrogens is 282 g/mol. The Bertz CT molecular complexity index is 694. The fraction of sp³-hybridized carbons (Fsp3) is 0.471. The van der Waals surface area contributed by atoms with Gasteiger partial charge in [-0.25, -0.2) is 0 Å². The zero-order valence-electron chi connectivity index (χ0n) is 11.9. The minimum atomic E-state index is -0.843. The van der Waals surface area contributed by atoms with Gasteiger partial charge in [-0.15, -0.1) is 0 Å². The molecule has 1 N–H and O–H groups in total. The standard InChI is InChI=1S/C17H19NO2S/c19-17(9-13-4-2-5-14(10-17)21(13)20)16-6-1-3-12-11-18-8-7-15(12)16/h1,3,6-8,11,13-14,19H,2,4-5,9-10H2. The van der Waals surface area contributed by atoms with Gasteiger partial charge in [0.15, 0.2) is 0 Å². The second-order valence-corrected chi connectivity index (χ2v) is 8.34. The second kappa shape index (κ2) is 4.89. The van der Waals surface area contributed by atoms with Crippen molar-refractivity contribution >= 4 is 21.6 Å². The molecule has 3 nitrogen and oxygen atoms in total. The number of fused-ring (bicyclic) bond motifs is 3. The Morgan fingerprint density at radius 3 is 2.71 bits per heavy atom. The van der Waals surface area contributed by atoms with Crippen LogP contribution in [-0.4, -0.2) is 24.8 Å². The summed E-state index contributed by atoms with van der Waals surface area (Å²) in [6.45, 7) is 0. The molecule has 21 heavy (non-hydrogen) atoms. The third kappa shape index (κ3) is 2.12. The summed E-state index contributed by atoms with van der Waals surface area (Å²) in [7, 11) is -0.762. The highest BCUT2D eigenvalue weighted by atomic mass is 32.2. The third-order valence-electron chi connectivity index (χ3n) is 5.02. The lowest BCUT2D eigenvalue weighted by Crippen LogP contribution is -2.47. The van der Waals surface area contributed by atoms with Gasteiger partial charge in [-0.2, -0.15) is 0 Å². The molecule has 2 aliphatic rings. The molecule has 4 rings (SSSR count). The van der Waals surface area contributed by atoms with Gasteiger partial charge in [0.05, 0.1) is 5.60 Å². The van der Waals surface area contributed by atoms with Crippen LogP contribution in [0.25, 0.3) is 10.8 Å². The van der Waals surface area contributed by atoms with Gasteiger partial charge in [-0.1, -0.05) is 24.6 Å². The van der Waals surface area contributed by atoms with Crippen molar-refractivity contribution in [3.05, 3.63) is 42.2 Å². The van der Waals surface area contributed by atoms with Gasteiger partial charge in [0.25, 0.3) is 0 Å². The van der Waals surface area contributed by atoms with Crippen LogP contribution < -0.4 is 0 Å². The maximum Gasteiger partial charge on any atom is 0.0925 e. The predicted octanol–water partition coefficient (Wildman–Crippen LogP) is 2.89. The number of rotatable bonds is 1. The van der Waals surface area contributed by atoms with Gasteiger partial charge < -0.3 is 5.11 Å². The molecule has 2 unspecified atom stereocenters. The lowest BCUT2D eigenvalue weighted by molar-refractivity contribution is 0.00794. The monoisotopic (exact) mass is 301 g/mol. The second-order valence-electron chi connectivity index (χ2n) is 6.35. The van der Waals surface area contributed by atoms with Crippen molar-refractivity contribution in [1.29, 1.82) is 0 Å². The molecule has 3 heterocycles. The van der Waals surface area contributed by atoms with Crippen molar-refractivity contribution in [2.75, 3.05) is 0 Å². The van der Waals surface area contributed by atoms with E-state index in [1.807, 2.05) is 30.5 Å². The number of hydrogen-bond donors (Lipinski definition) is 1. The first-order valence-corrected chi connectivity index (χ1v) is 8.90. The Morgan fingerprint density at radius 1 is 1.19 bits per heavy atom. The molecule has 2 aromatic rings. The summed E-state index contributed by atoms with van der Waals surface area (Å²) in [5.41, 5.74) is 0.140. The Morgan fingerprint density at radius 2 is 1.95 bits per heavy atom. The van der Waals surface area contributed by atoms with Crippen molar-refractivity contribution < 1.29 is 9.32 Å². The number of nitrogens with zero attached hydrogens (tertiary/aromatic N) is 1. The molecule has 1 aromatic heterocycles. The molecule has 0 spiro atoms. The summed E-state index contributed by atoms with van der Waals surface area (Å²) in [6, 6.07) is 8.01. The summed E-state index contributed by atoms with van der Waals surface area (Å²) >= 11 is 0. The highest BCUT2D eigenvalue weighted by Crippen LogP contribution is 2.45. The van der Waals surface area contributed by atoms with Crippen molar-refractivity contribution in [3.8, 4) is 0 Å². The molecule has 0 amide bonds. The topological polar surface area (TPSA) is 50.2 Å². The maximum atomic E-state index is 12.4. The predicted molar refractivity (Wildman–Crippen MR) is 84.4 cm³/mol. The van der Waals surface area contributed by atoms with Crippen LogP contribution in [0, 0.1) is 0 Å². The normalized spacial score (nSPS) is 35.8. The summed E-state index contributed by atoms with van der Waals surface area (Å²) in [5, 5.41) is 13.7. The Hall–Kier alpha value is -1.26. The third-order valence-corrected chi connectivity index (χ3v) is 7.14. The Kier molecular flexibility index (Phi) is 3.12. The molecule has 4 heteroatoms. The van der Waals surface area contributed by atoms with Crippen LogP contribution in [0.4, 0.5) is 0 Å². The van der Waals surface area contributed by atoms with Crippen LogP contribution in [0.3, 0.4) is 0 Å². The number of benzene rings is 1. The van der Waals surface area contributed by atoms with Crippen LogP contribution in [0.15, 0.2) is 36.7 Å². The average Bonchev–Trinajstić information content (AvgIpc) is 2.48. The van der Waals surface area contributed by atoms with Gasteiger partial charge >= 0.3 is 0 Å². The van der Waals surface area contributed by atoms with E-state index in [9.17, 15) is 9.32 Å². The number of aliphatic hydroxyl groups is 1. The molecule has 110 valence electrons. The molecule has 2 atom stereocenters. The fourth-order valence-corrected chi connectivity index (χ4v) is 6.25. The minimum absolute atomic E-state index is 0.152. The summed E-state index contributed by atoms with van der Waals surface area (Å²) in [6.07, 6.45) is 7.97. The van der Waals surface area contributed by atoms with Crippen LogP contribution >= 0.6 is 0 Å². The quantitative estimate of drug-likeness (QED) is 0.881. The number of pyridine rings is 1. The highest BCUT2D eigenvalue weighted by molar-refractivity contribution is 7.86. The van der Waals surface area contributed by atoms with Crippen LogP contribution in [-0.2, 0) is 16.4 Å². The largest absolute Gasteiger partial charge is 0.385 e. The number of aromatic nitrogens is 1. The Balaban J connectivity index is 1.82. The highest BCUT2D eigenvalue weighted by Gasteiger charge is 2.46. The SMILES string of the molecule is O=S1C2CCCC1CC(O)(c1cccc3cnccc13)C2. The zero-order valence-corrected chi connectivity index (χ0v) is 12.7. The molecule has 2 bridgehead atoms. The molecule has 0 aliphatic carbocycles. The average molecular weight is 301 g/mol. The molecule has 0 radical (unpaired) electrons. The number of hydrogen-bond acceptors (Lipinski definition) is 3. The molecule has 2 saturated heterocycles. The minimum Gasteiger partial charge on any atom is -0.385 e. The van der Waals surface area contributed by atoms with E-state index in [0.717, 1.165) is 35.6 Å². The van der Waals surface area contributed by atoms with E-state index < -0.39 is 16.4 Å². The van der Waals surface area contributed by atoms with Gasteiger partial charge in [0, 0.05) is 39.1 Å². The molecule has 2 fully saturated rings. The van der Waals surface area contributed by atoms with E-state index in [1.165, 1.54) is 0 Å². The van der Waals surface area contributed by atoms with Crippen LogP contribution in [0.1, 0.15) is 37.7 Å². The van der Waals surface area contributed by atoms with Gasteiger partial charge in [0.2, 0.25) is 0 Å². The van der Waals surface area contributed by atoms with Crippen LogP contribution in [0.5, 0.6) is 0 Å². The summed E-state index contributed by atoms with van der Waals surface area (Å²) in [5.74, 6) is 0. The van der Waals surface area contributed by atoms with Crippen molar-refractivity contribution in [2.45, 2.75) is 48.2 Å². The summed E-state index contributed by atoms with van der Waals surface area (Å²) in [4.78, 5) is 4.16. The zero-order chi connectivity index (χ0) is 14.4. The van der Waals surface area contributed by atoms with Gasteiger partial charge in [-0.3, -0.25) is 9.19 Å². The van der Waals surface area contributed by atoms with E-state index in [1.54, 1.807) is 6.20 Å². The van der Waals surface area contributed by atoms with Crippen molar-refractivity contribution in [3.63, 3.8) is 0 Å². The summed E-state index contributed by atoms with van der Waals surface area (Å²) < 4.78 is 12.4. The lowest BCUT2D eigenvalue weighted by Gasteiger charge is -2.44. The molecule has 2 aliphatic heterocycles.